The predicted molar refractivity (Wildman–Crippen MR) is 75.3 cm³/mol. The molecule has 22 heavy (non-hydrogen) atoms. The van der Waals surface area contributed by atoms with E-state index in [0.717, 1.165) is 6.92 Å². The summed E-state index contributed by atoms with van der Waals surface area (Å²) < 4.78 is 39.7. The quantitative estimate of drug-likeness (QED) is 0.877. The number of benzene rings is 1. The summed E-state index contributed by atoms with van der Waals surface area (Å²) >= 11 is 0. The summed E-state index contributed by atoms with van der Waals surface area (Å²) in [6, 6.07) is 6.21. The fraction of sp³-hybridized carbons (Fsp3) is 0.467. The van der Waals surface area contributed by atoms with Gasteiger partial charge in [-0.15, -0.1) is 0 Å². The van der Waals surface area contributed by atoms with Crippen molar-refractivity contribution < 1.29 is 27.9 Å². The molecule has 2 atom stereocenters. The first-order valence-electron chi connectivity index (χ1n) is 6.74. The van der Waals surface area contributed by atoms with Crippen LogP contribution in [0, 0.1) is 12.8 Å². The smallest absolute Gasteiger partial charge is 0.372 e. The molecule has 0 saturated heterocycles. The maximum Gasteiger partial charge on any atom is 0.427 e. The van der Waals surface area contributed by atoms with Crippen molar-refractivity contribution >= 4 is 17.4 Å². The van der Waals surface area contributed by atoms with Gasteiger partial charge in [0.1, 0.15) is 5.78 Å². The third kappa shape index (κ3) is 3.30. The topological polar surface area (TPSA) is 66.4 Å². The number of ketones is 1. The molecule has 122 valence electrons. The Balaban J connectivity index is 3.21. The molecule has 1 rings (SSSR count). The molecule has 4 nitrogen and oxygen atoms in total. The zero-order chi connectivity index (χ0) is 17.1. The number of carbonyl (C=O) groups excluding carboxylic acids is 2. The van der Waals surface area contributed by atoms with Gasteiger partial charge in [-0.25, -0.2) is 0 Å². The summed E-state index contributed by atoms with van der Waals surface area (Å²) in [5, 5.41) is 12.0. The third-order valence-electron chi connectivity index (χ3n) is 3.63. The Labute approximate surface area is 126 Å². The van der Waals surface area contributed by atoms with Crippen molar-refractivity contribution in [2.45, 2.75) is 39.0 Å². The van der Waals surface area contributed by atoms with E-state index < -0.39 is 29.4 Å². The van der Waals surface area contributed by atoms with Crippen LogP contribution in [0.2, 0.25) is 0 Å². The second kappa shape index (κ2) is 6.48. The standard InChI is InChI=1S/C15H18F3NO3/c1-4-12(20)10(3)14(22,15(16,17)18)13(21)19-11-8-6-5-7-9(11)2/h5-8,10,22H,4H2,1-3H3,(H,19,21). The molecular formula is C15H18F3NO3. The van der Waals surface area contributed by atoms with E-state index in [1.165, 1.54) is 19.1 Å². The van der Waals surface area contributed by atoms with E-state index in [1.807, 2.05) is 0 Å². The Morgan fingerprint density at radius 3 is 2.27 bits per heavy atom. The van der Waals surface area contributed by atoms with Gasteiger partial charge in [0.2, 0.25) is 5.60 Å². The van der Waals surface area contributed by atoms with Crippen LogP contribution in [0.15, 0.2) is 24.3 Å². The molecular weight excluding hydrogens is 299 g/mol. The minimum absolute atomic E-state index is 0.145. The van der Waals surface area contributed by atoms with Gasteiger partial charge in [0.25, 0.3) is 5.91 Å². The number of aliphatic hydroxyl groups is 1. The Kier molecular flexibility index (Phi) is 5.35. The minimum Gasteiger partial charge on any atom is -0.372 e. The highest BCUT2D eigenvalue weighted by Gasteiger charge is 2.64. The zero-order valence-corrected chi connectivity index (χ0v) is 12.5. The van der Waals surface area contributed by atoms with Crippen LogP contribution in [0.3, 0.4) is 0 Å². The van der Waals surface area contributed by atoms with Crippen LogP contribution in [0.1, 0.15) is 25.8 Å². The molecule has 0 aliphatic carbocycles. The SMILES string of the molecule is CCC(=O)C(C)C(O)(C(=O)Nc1ccccc1C)C(F)(F)F. The van der Waals surface area contributed by atoms with Gasteiger partial charge in [0, 0.05) is 12.1 Å². The molecule has 2 N–H and O–H groups in total. The van der Waals surface area contributed by atoms with Crippen molar-refractivity contribution in [1.82, 2.24) is 0 Å². The maximum absolute atomic E-state index is 13.2. The molecule has 0 heterocycles. The average Bonchev–Trinajstić information content (AvgIpc) is 2.45. The van der Waals surface area contributed by atoms with Gasteiger partial charge >= 0.3 is 6.18 Å². The summed E-state index contributed by atoms with van der Waals surface area (Å²) in [5.74, 6) is -4.41. The first-order chi connectivity index (χ1) is 10.1. The Hall–Kier alpha value is -1.89. The van der Waals surface area contributed by atoms with Crippen LogP contribution >= 0.6 is 0 Å². The van der Waals surface area contributed by atoms with Crippen LogP contribution < -0.4 is 5.32 Å². The summed E-state index contributed by atoms with van der Waals surface area (Å²) in [4.78, 5) is 23.7. The summed E-state index contributed by atoms with van der Waals surface area (Å²) in [6.07, 6.45) is -5.48. The van der Waals surface area contributed by atoms with Crippen molar-refractivity contribution in [2.24, 2.45) is 5.92 Å². The van der Waals surface area contributed by atoms with E-state index in [2.05, 4.69) is 5.32 Å². The molecule has 1 aromatic rings. The summed E-state index contributed by atoms with van der Waals surface area (Å²) in [5.41, 5.74) is -3.09. The van der Waals surface area contributed by atoms with Crippen molar-refractivity contribution in [1.29, 1.82) is 0 Å². The highest BCUT2D eigenvalue weighted by Crippen LogP contribution is 2.38. The molecule has 0 aromatic heterocycles. The highest BCUT2D eigenvalue weighted by molar-refractivity contribution is 6.02. The molecule has 0 spiro atoms. The van der Waals surface area contributed by atoms with Crippen molar-refractivity contribution in [2.75, 3.05) is 5.32 Å². The Morgan fingerprint density at radius 1 is 1.27 bits per heavy atom. The van der Waals surface area contributed by atoms with Crippen LogP contribution in [0.25, 0.3) is 0 Å². The van der Waals surface area contributed by atoms with Gasteiger partial charge < -0.3 is 10.4 Å². The van der Waals surface area contributed by atoms with Gasteiger partial charge in [0.15, 0.2) is 0 Å². The van der Waals surface area contributed by atoms with E-state index in [-0.39, 0.29) is 12.1 Å². The molecule has 0 fully saturated rings. The molecule has 7 heteroatoms. The van der Waals surface area contributed by atoms with Gasteiger partial charge in [-0.2, -0.15) is 13.2 Å². The molecule has 0 bridgehead atoms. The number of nitrogens with one attached hydrogen (secondary N) is 1. The second-order valence-electron chi connectivity index (χ2n) is 5.07. The molecule has 0 radical (unpaired) electrons. The number of carbonyl (C=O) groups is 2. The number of para-hydroxylation sites is 1. The number of halogens is 3. The molecule has 1 aromatic carbocycles. The number of amides is 1. The molecule has 1 amide bonds. The van der Waals surface area contributed by atoms with E-state index in [4.69, 9.17) is 0 Å². The van der Waals surface area contributed by atoms with Gasteiger partial charge in [0.05, 0.1) is 5.92 Å². The number of hydrogen-bond acceptors (Lipinski definition) is 3. The lowest BCUT2D eigenvalue weighted by Crippen LogP contribution is -2.60. The van der Waals surface area contributed by atoms with E-state index in [9.17, 15) is 27.9 Å². The van der Waals surface area contributed by atoms with E-state index >= 15 is 0 Å². The van der Waals surface area contributed by atoms with Crippen molar-refractivity contribution in [3.8, 4) is 0 Å². The summed E-state index contributed by atoms with van der Waals surface area (Å²) in [7, 11) is 0. The van der Waals surface area contributed by atoms with Gasteiger partial charge in [-0.3, -0.25) is 9.59 Å². The zero-order valence-electron chi connectivity index (χ0n) is 12.5. The number of anilines is 1. The lowest BCUT2D eigenvalue weighted by molar-refractivity contribution is -0.261. The number of alkyl halides is 3. The lowest BCUT2D eigenvalue weighted by atomic mass is 9.83. The third-order valence-corrected chi connectivity index (χ3v) is 3.63. The monoisotopic (exact) mass is 317 g/mol. The molecule has 0 aliphatic heterocycles. The lowest BCUT2D eigenvalue weighted by Gasteiger charge is -2.33. The van der Waals surface area contributed by atoms with E-state index in [0.29, 0.717) is 5.56 Å². The van der Waals surface area contributed by atoms with Gasteiger partial charge in [-0.05, 0) is 18.6 Å². The van der Waals surface area contributed by atoms with Crippen LogP contribution in [-0.4, -0.2) is 28.6 Å². The fourth-order valence-electron chi connectivity index (χ4n) is 2.04. The number of aryl methyl sites for hydroxylation is 1. The second-order valence-corrected chi connectivity index (χ2v) is 5.07. The Bertz CT molecular complexity index is 571. The largest absolute Gasteiger partial charge is 0.427 e. The maximum atomic E-state index is 13.2. The normalized spacial score (nSPS) is 15.8. The van der Waals surface area contributed by atoms with E-state index in [1.54, 1.807) is 19.1 Å². The van der Waals surface area contributed by atoms with Crippen LogP contribution in [0.4, 0.5) is 18.9 Å². The highest BCUT2D eigenvalue weighted by atomic mass is 19.4. The average molecular weight is 317 g/mol. The van der Waals surface area contributed by atoms with Crippen molar-refractivity contribution in [3.05, 3.63) is 29.8 Å². The number of Topliss-reactive ketones (excluding diaryl/α,β-unsaturated/α-hetero) is 1. The Morgan fingerprint density at radius 2 is 1.82 bits per heavy atom. The van der Waals surface area contributed by atoms with Crippen molar-refractivity contribution in [3.63, 3.8) is 0 Å². The number of rotatable bonds is 5. The van der Waals surface area contributed by atoms with Crippen LogP contribution in [0.5, 0.6) is 0 Å². The fourth-order valence-corrected chi connectivity index (χ4v) is 2.04. The van der Waals surface area contributed by atoms with Crippen LogP contribution in [-0.2, 0) is 9.59 Å². The minimum atomic E-state index is -5.27. The molecule has 0 aliphatic rings. The molecule has 2 unspecified atom stereocenters. The number of hydrogen-bond donors (Lipinski definition) is 2. The predicted octanol–water partition coefficient (Wildman–Crippen LogP) is 2.84. The summed E-state index contributed by atoms with van der Waals surface area (Å²) in [6.45, 7) is 3.87. The molecule has 0 saturated carbocycles. The first-order valence-corrected chi connectivity index (χ1v) is 6.74. The van der Waals surface area contributed by atoms with Gasteiger partial charge in [-0.1, -0.05) is 32.0 Å². The first kappa shape index (κ1) is 18.2.